The van der Waals surface area contributed by atoms with Gasteiger partial charge in [0.15, 0.2) is 5.65 Å². The number of hydrogen-bond acceptors (Lipinski definition) is 6. The van der Waals surface area contributed by atoms with Gasteiger partial charge in [0.2, 0.25) is 0 Å². The molecule has 8 heteroatoms. The van der Waals surface area contributed by atoms with Crippen molar-refractivity contribution in [1.82, 2.24) is 24.6 Å². The number of aromatic nitrogens is 4. The smallest absolute Gasteiger partial charge is 0.254 e. The molecule has 2 aromatic heterocycles. The van der Waals surface area contributed by atoms with Crippen LogP contribution in [-0.4, -0.2) is 63.8 Å². The number of methoxy groups -OCH3 is 1. The van der Waals surface area contributed by atoms with Gasteiger partial charge in [0.1, 0.15) is 17.4 Å². The number of anilines is 1. The van der Waals surface area contributed by atoms with Gasteiger partial charge in [-0.05, 0) is 57.5 Å². The van der Waals surface area contributed by atoms with E-state index >= 15 is 0 Å². The maximum atomic E-state index is 13.2. The van der Waals surface area contributed by atoms with Gasteiger partial charge in [0.05, 0.1) is 23.9 Å². The summed E-state index contributed by atoms with van der Waals surface area (Å²) in [6.45, 7) is 8.81. The van der Waals surface area contributed by atoms with E-state index in [9.17, 15) is 4.79 Å². The van der Waals surface area contributed by atoms with E-state index < -0.39 is 0 Å². The minimum Gasteiger partial charge on any atom is -0.497 e. The first-order valence-electron chi connectivity index (χ1n) is 11.9. The van der Waals surface area contributed by atoms with Crippen LogP contribution in [0.1, 0.15) is 33.9 Å². The lowest BCUT2D eigenvalue weighted by Gasteiger charge is -2.24. The highest BCUT2D eigenvalue weighted by atomic mass is 16.5. The van der Waals surface area contributed by atoms with Crippen LogP contribution in [0.4, 0.5) is 5.82 Å². The summed E-state index contributed by atoms with van der Waals surface area (Å²) in [6.07, 6.45) is 0.853. The van der Waals surface area contributed by atoms with Crippen LogP contribution < -0.4 is 9.64 Å². The highest BCUT2D eigenvalue weighted by molar-refractivity contribution is 5.95. The Hall–Kier alpha value is -3.94. The molecular weight excluding hydrogens is 440 g/mol. The molecule has 1 aliphatic heterocycles. The molecule has 8 nitrogen and oxygen atoms in total. The van der Waals surface area contributed by atoms with Gasteiger partial charge in [-0.1, -0.05) is 23.8 Å². The van der Waals surface area contributed by atoms with E-state index in [1.807, 2.05) is 41.6 Å². The van der Waals surface area contributed by atoms with Gasteiger partial charge < -0.3 is 14.5 Å². The molecule has 0 saturated carbocycles. The van der Waals surface area contributed by atoms with Crippen LogP contribution in [0.2, 0.25) is 0 Å². The van der Waals surface area contributed by atoms with Crippen LogP contribution in [0.25, 0.3) is 16.7 Å². The van der Waals surface area contributed by atoms with Gasteiger partial charge in [0, 0.05) is 31.7 Å². The molecule has 5 rings (SSSR count). The molecule has 0 spiro atoms. The van der Waals surface area contributed by atoms with E-state index in [1.54, 1.807) is 13.2 Å². The van der Waals surface area contributed by atoms with Crippen molar-refractivity contribution in [1.29, 1.82) is 0 Å². The Labute approximate surface area is 205 Å². The summed E-state index contributed by atoms with van der Waals surface area (Å²) in [6, 6.07) is 15.6. The maximum Gasteiger partial charge on any atom is 0.254 e. The second kappa shape index (κ2) is 9.37. The lowest BCUT2D eigenvalue weighted by atomic mass is 10.2. The second-order valence-corrected chi connectivity index (χ2v) is 8.99. The largest absolute Gasteiger partial charge is 0.497 e. The fraction of sp³-hybridized carbons (Fsp3) is 0.333. The molecule has 1 saturated heterocycles. The Kier molecular flexibility index (Phi) is 6.11. The summed E-state index contributed by atoms with van der Waals surface area (Å²) in [4.78, 5) is 27.0. The Morgan fingerprint density at radius 3 is 2.51 bits per heavy atom. The van der Waals surface area contributed by atoms with Gasteiger partial charge in [-0.15, -0.1) is 0 Å². The summed E-state index contributed by atoms with van der Waals surface area (Å²) in [7, 11) is 1.61. The van der Waals surface area contributed by atoms with E-state index in [1.165, 1.54) is 5.56 Å². The molecule has 4 aromatic rings. The molecule has 180 valence electrons. The monoisotopic (exact) mass is 470 g/mol. The zero-order chi connectivity index (χ0) is 24.5. The lowest BCUT2D eigenvalue weighted by Crippen LogP contribution is -2.35. The number of ether oxygens (including phenoxy) is 1. The number of amides is 1. The van der Waals surface area contributed by atoms with Crippen LogP contribution in [0.15, 0.2) is 48.5 Å². The summed E-state index contributed by atoms with van der Waals surface area (Å²) in [5.41, 5.74) is 4.52. The third-order valence-corrected chi connectivity index (χ3v) is 6.47. The lowest BCUT2D eigenvalue weighted by molar-refractivity contribution is 0.0766. The summed E-state index contributed by atoms with van der Waals surface area (Å²) in [5.74, 6) is 2.30. The minimum atomic E-state index is 0.0261. The molecule has 1 amide bonds. The topological polar surface area (TPSA) is 76.4 Å². The highest BCUT2D eigenvalue weighted by Gasteiger charge is 2.25. The number of hydrogen-bond donors (Lipinski definition) is 0. The second-order valence-electron chi connectivity index (χ2n) is 8.99. The Balaban J connectivity index is 1.45. The molecule has 0 atom stereocenters. The fourth-order valence-electron chi connectivity index (χ4n) is 4.63. The fourth-order valence-corrected chi connectivity index (χ4v) is 4.63. The summed E-state index contributed by atoms with van der Waals surface area (Å²) < 4.78 is 7.20. The quantitative estimate of drug-likeness (QED) is 0.447. The van der Waals surface area contributed by atoms with Crippen molar-refractivity contribution < 1.29 is 9.53 Å². The molecule has 0 unspecified atom stereocenters. The SMILES string of the molecule is COc1cccc(C(=O)N2CCCN(c3nc(C)nc4c3c(C)nn4-c3ccc(C)cc3)CC2)c1. The number of fused-ring (bicyclic) bond motifs is 1. The Morgan fingerprint density at radius 1 is 0.943 bits per heavy atom. The summed E-state index contributed by atoms with van der Waals surface area (Å²) >= 11 is 0. The first-order chi connectivity index (χ1) is 16.9. The standard InChI is InChI=1S/C27H30N6O2/c1-18-9-11-22(12-10-18)33-26-24(19(2)30-33)25(28-20(3)29-26)31-13-6-14-32(16-15-31)27(34)21-7-5-8-23(17-21)35-4/h5,7-12,17H,6,13-16H2,1-4H3. The number of carbonyl (C=O) groups excluding carboxylic acids is 1. The summed E-state index contributed by atoms with van der Waals surface area (Å²) in [5, 5.41) is 5.78. The first kappa shape index (κ1) is 22.8. The average Bonchev–Trinajstić information content (AvgIpc) is 3.04. The first-order valence-corrected chi connectivity index (χ1v) is 11.9. The van der Waals surface area contributed by atoms with Gasteiger partial charge in [-0.3, -0.25) is 4.79 Å². The molecular formula is C27H30N6O2. The van der Waals surface area contributed by atoms with E-state index in [-0.39, 0.29) is 5.91 Å². The average molecular weight is 471 g/mol. The van der Waals surface area contributed by atoms with Crippen molar-refractivity contribution in [2.24, 2.45) is 0 Å². The maximum absolute atomic E-state index is 13.2. The predicted molar refractivity (Wildman–Crippen MR) is 137 cm³/mol. The number of carbonyl (C=O) groups is 1. The minimum absolute atomic E-state index is 0.0261. The number of nitrogens with zero attached hydrogens (tertiary/aromatic N) is 6. The molecule has 1 fully saturated rings. The molecule has 0 radical (unpaired) electrons. The zero-order valence-corrected chi connectivity index (χ0v) is 20.7. The normalized spacial score (nSPS) is 14.3. The molecule has 0 N–H and O–H groups in total. The van der Waals surface area contributed by atoms with Crippen LogP contribution >= 0.6 is 0 Å². The van der Waals surface area contributed by atoms with Gasteiger partial charge in [0.25, 0.3) is 5.91 Å². The van der Waals surface area contributed by atoms with Gasteiger partial charge in [-0.2, -0.15) is 5.10 Å². The van der Waals surface area contributed by atoms with E-state index in [0.29, 0.717) is 36.8 Å². The van der Waals surface area contributed by atoms with Crippen molar-refractivity contribution >= 4 is 22.8 Å². The Bertz CT molecular complexity index is 1380. The highest BCUT2D eigenvalue weighted by Crippen LogP contribution is 2.30. The van der Waals surface area contributed by atoms with E-state index in [2.05, 4.69) is 36.1 Å². The molecule has 0 aliphatic carbocycles. The molecule has 35 heavy (non-hydrogen) atoms. The zero-order valence-electron chi connectivity index (χ0n) is 20.7. The van der Waals surface area contributed by atoms with Crippen molar-refractivity contribution in [3.05, 3.63) is 71.2 Å². The van der Waals surface area contributed by atoms with Crippen molar-refractivity contribution in [2.45, 2.75) is 27.2 Å². The van der Waals surface area contributed by atoms with Gasteiger partial charge >= 0.3 is 0 Å². The number of benzene rings is 2. The predicted octanol–water partition coefficient (Wildman–Crippen LogP) is 4.10. The Morgan fingerprint density at radius 2 is 1.74 bits per heavy atom. The molecule has 1 aliphatic rings. The molecule has 2 aromatic carbocycles. The number of rotatable bonds is 4. The van der Waals surface area contributed by atoms with Crippen LogP contribution in [-0.2, 0) is 0 Å². The molecule has 3 heterocycles. The van der Waals surface area contributed by atoms with Crippen LogP contribution in [0.3, 0.4) is 0 Å². The van der Waals surface area contributed by atoms with Crippen LogP contribution in [0, 0.1) is 20.8 Å². The molecule has 0 bridgehead atoms. The van der Waals surface area contributed by atoms with E-state index in [4.69, 9.17) is 19.8 Å². The third-order valence-electron chi connectivity index (χ3n) is 6.47. The van der Waals surface area contributed by atoms with E-state index in [0.717, 1.165) is 41.2 Å². The van der Waals surface area contributed by atoms with Crippen molar-refractivity contribution in [3.63, 3.8) is 0 Å². The number of aryl methyl sites for hydroxylation is 3. The van der Waals surface area contributed by atoms with Crippen LogP contribution in [0.5, 0.6) is 5.75 Å². The van der Waals surface area contributed by atoms with Gasteiger partial charge in [-0.25, -0.2) is 14.6 Å². The third kappa shape index (κ3) is 4.43. The van der Waals surface area contributed by atoms with Crippen molar-refractivity contribution in [2.75, 3.05) is 38.2 Å². The van der Waals surface area contributed by atoms with Crippen molar-refractivity contribution in [3.8, 4) is 11.4 Å².